The highest BCUT2D eigenvalue weighted by molar-refractivity contribution is 5.96. The van der Waals surface area contributed by atoms with E-state index in [4.69, 9.17) is 10.8 Å². The van der Waals surface area contributed by atoms with Crippen LogP contribution in [0.4, 0.5) is 17.2 Å². The Hall–Kier alpha value is -2.56. The SMILES string of the molecule is CN(c1ccccc1)c1nccc(C(=O)O)c1N. The number of anilines is 3. The monoisotopic (exact) mass is 243 g/mol. The topological polar surface area (TPSA) is 79.5 Å². The number of aromatic nitrogens is 1. The molecule has 0 saturated heterocycles. The lowest BCUT2D eigenvalue weighted by Gasteiger charge is -2.20. The van der Waals surface area contributed by atoms with Crippen molar-refractivity contribution in [3.05, 3.63) is 48.2 Å². The van der Waals surface area contributed by atoms with Gasteiger partial charge in [-0.3, -0.25) is 0 Å². The summed E-state index contributed by atoms with van der Waals surface area (Å²) in [6, 6.07) is 10.9. The number of nitrogens with zero attached hydrogens (tertiary/aromatic N) is 2. The maximum Gasteiger partial charge on any atom is 0.337 e. The summed E-state index contributed by atoms with van der Waals surface area (Å²) in [7, 11) is 1.79. The largest absolute Gasteiger partial charge is 0.478 e. The Morgan fingerprint density at radius 3 is 2.56 bits per heavy atom. The third-order valence-corrected chi connectivity index (χ3v) is 2.66. The summed E-state index contributed by atoms with van der Waals surface area (Å²) in [5.41, 5.74) is 6.95. The van der Waals surface area contributed by atoms with Crippen LogP contribution in [0.1, 0.15) is 10.4 Å². The third-order valence-electron chi connectivity index (χ3n) is 2.66. The molecule has 1 aromatic heterocycles. The molecular formula is C13H13N3O2. The van der Waals surface area contributed by atoms with Crippen molar-refractivity contribution in [2.75, 3.05) is 17.7 Å². The number of para-hydroxylation sites is 1. The molecule has 0 aliphatic heterocycles. The lowest BCUT2D eigenvalue weighted by Crippen LogP contribution is -2.15. The Morgan fingerprint density at radius 2 is 1.94 bits per heavy atom. The Labute approximate surface area is 104 Å². The van der Waals surface area contributed by atoms with Crippen molar-refractivity contribution in [1.82, 2.24) is 4.98 Å². The van der Waals surface area contributed by atoms with Crippen LogP contribution >= 0.6 is 0 Å². The van der Waals surface area contributed by atoms with E-state index in [0.29, 0.717) is 5.82 Å². The van der Waals surface area contributed by atoms with E-state index >= 15 is 0 Å². The maximum absolute atomic E-state index is 11.0. The van der Waals surface area contributed by atoms with Gasteiger partial charge in [0.05, 0.1) is 11.3 Å². The van der Waals surface area contributed by atoms with Crippen LogP contribution in [0.3, 0.4) is 0 Å². The van der Waals surface area contributed by atoms with Crippen molar-refractivity contribution in [1.29, 1.82) is 0 Å². The average Bonchev–Trinajstić information content (AvgIpc) is 2.39. The summed E-state index contributed by atoms with van der Waals surface area (Å²) in [4.78, 5) is 16.9. The zero-order chi connectivity index (χ0) is 13.1. The van der Waals surface area contributed by atoms with Crippen molar-refractivity contribution in [2.45, 2.75) is 0 Å². The highest BCUT2D eigenvalue weighted by Gasteiger charge is 2.15. The van der Waals surface area contributed by atoms with Crippen molar-refractivity contribution < 1.29 is 9.90 Å². The average molecular weight is 243 g/mol. The minimum absolute atomic E-state index is 0.0581. The highest BCUT2D eigenvalue weighted by atomic mass is 16.4. The first-order chi connectivity index (χ1) is 8.61. The van der Waals surface area contributed by atoms with Gasteiger partial charge in [-0.1, -0.05) is 18.2 Å². The number of nitrogens with two attached hydrogens (primary N) is 1. The van der Waals surface area contributed by atoms with Gasteiger partial charge < -0.3 is 15.7 Å². The molecule has 3 N–H and O–H groups in total. The molecule has 5 nitrogen and oxygen atoms in total. The standard InChI is InChI=1S/C13H13N3O2/c1-16(9-5-3-2-4-6-9)12-11(14)10(13(17)18)7-8-15-12/h2-8H,14H2,1H3,(H,17,18). The van der Waals surface area contributed by atoms with Gasteiger partial charge in [-0.05, 0) is 18.2 Å². The molecule has 0 spiro atoms. The molecule has 0 aliphatic rings. The molecule has 2 aromatic rings. The van der Waals surface area contributed by atoms with E-state index in [1.165, 1.54) is 12.3 Å². The van der Waals surface area contributed by atoms with Gasteiger partial charge in [0.25, 0.3) is 0 Å². The fourth-order valence-corrected chi connectivity index (χ4v) is 1.69. The van der Waals surface area contributed by atoms with Gasteiger partial charge in [0.15, 0.2) is 5.82 Å². The molecule has 0 saturated carbocycles. The van der Waals surface area contributed by atoms with Crippen LogP contribution in [0.5, 0.6) is 0 Å². The van der Waals surface area contributed by atoms with Gasteiger partial charge >= 0.3 is 5.97 Å². The number of rotatable bonds is 3. The van der Waals surface area contributed by atoms with E-state index in [-0.39, 0.29) is 11.3 Å². The van der Waals surface area contributed by atoms with Crippen molar-refractivity contribution in [3.8, 4) is 0 Å². The Balaban J connectivity index is 2.46. The number of nitrogen functional groups attached to an aromatic ring is 1. The minimum atomic E-state index is -1.06. The number of hydrogen-bond acceptors (Lipinski definition) is 4. The lowest BCUT2D eigenvalue weighted by molar-refractivity contribution is 0.0698. The molecule has 0 amide bonds. The molecule has 5 heteroatoms. The van der Waals surface area contributed by atoms with Crippen LogP contribution in [0.2, 0.25) is 0 Å². The molecule has 0 fully saturated rings. The highest BCUT2D eigenvalue weighted by Crippen LogP contribution is 2.28. The van der Waals surface area contributed by atoms with E-state index in [2.05, 4.69) is 4.98 Å². The molecule has 2 rings (SSSR count). The number of aromatic carboxylic acids is 1. The van der Waals surface area contributed by atoms with E-state index < -0.39 is 5.97 Å². The van der Waals surface area contributed by atoms with Crippen molar-refractivity contribution in [2.24, 2.45) is 0 Å². The smallest absolute Gasteiger partial charge is 0.337 e. The second kappa shape index (κ2) is 4.75. The zero-order valence-electron chi connectivity index (χ0n) is 9.87. The fourth-order valence-electron chi connectivity index (χ4n) is 1.69. The molecule has 0 unspecified atom stereocenters. The number of pyridine rings is 1. The quantitative estimate of drug-likeness (QED) is 0.863. The van der Waals surface area contributed by atoms with Gasteiger partial charge in [0.2, 0.25) is 0 Å². The van der Waals surface area contributed by atoms with Crippen LogP contribution in [0, 0.1) is 0 Å². The normalized spacial score (nSPS) is 10.1. The Bertz CT molecular complexity index is 570. The van der Waals surface area contributed by atoms with Gasteiger partial charge in [-0.25, -0.2) is 9.78 Å². The minimum Gasteiger partial charge on any atom is -0.478 e. The number of benzene rings is 1. The first-order valence-electron chi connectivity index (χ1n) is 5.38. The van der Waals surface area contributed by atoms with E-state index in [9.17, 15) is 4.79 Å². The Morgan fingerprint density at radius 1 is 1.28 bits per heavy atom. The van der Waals surface area contributed by atoms with Gasteiger partial charge in [-0.15, -0.1) is 0 Å². The predicted molar refractivity (Wildman–Crippen MR) is 70.1 cm³/mol. The molecule has 1 heterocycles. The second-order valence-electron chi connectivity index (χ2n) is 3.80. The van der Waals surface area contributed by atoms with Gasteiger partial charge in [0.1, 0.15) is 0 Å². The maximum atomic E-state index is 11.0. The zero-order valence-corrected chi connectivity index (χ0v) is 9.87. The summed E-state index contributed by atoms with van der Waals surface area (Å²) in [6.45, 7) is 0. The molecule has 0 aliphatic carbocycles. The van der Waals surface area contributed by atoms with E-state index in [0.717, 1.165) is 5.69 Å². The molecule has 92 valence electrons. The molecule has 0 radical (unpaired) electrons. The summed E-state index contributed by atoms with van der Waals surface area (Å²) in [5, 5.41) is 9.02. The first kappa shape index (κ1) is 11.9. The fraction of sp³-hybridized carbons (Fsp3) is 0.0769. The molecular weight excluding hydrogens is 230 g/mol. The van der Waals surface area contributed by atoms with Crippen molar-refractivity contribution >= 4 is 23.2 Å². The molecule has 0 atom stereocenters. The molecule has 1 aromatic carbocycles. The van der Waals surface area contributed by atoms with Gasteiger partial charge in [0, 0.05) is 18.9 Å². The number of carboxylic acid groups (broad SMARTS) is 1. The lowest BCUT2D eigenvalue weighted by atomic mass is 10.2. The van der Waals surface area contributed by atoms with E-state index in [1.54, 1.807) is 11.9 Å². The summed E-state index contributed by atoms with van der Waals surface area (Å²) < 4.78 is 0. The van der Waals surface area contributed by atoms with Gasteiger partial charge in [-0.2, -0.15) is 0 Å². The van der Waals surface area contributed by atoms with Crippen LogP contribution in [-0.4, -0.2) is 23.1 Å². The summed E-state index contributed by atoms with van der Waals surface area (Å²) >= 11 is 0. The van der Waals surface area contributed by atoms with Crippen LogP contribution < -0.4 is 10.6 Å². The third kappa shape index (κ3) is 2.10. The molecule has 18 heavy (non-hydrogen) atoms. The number of carbonyl (C=O) groups is 1. The van der Waals surface area contributed by atoms with Crippen LogP contribution in [0.25, 0.3) is 0 Å². The first-order valence-corrected chi connectivity index (χ1v) is 5.38. The van der Waals surface area contributed by atoms with Crippen LogP contribution in [0.15, 0.2) is 42.6 Å². The number of carboxylic acids is 1. The summed E-state index contributed by atoms with van der Waals surface area (Å²) in [6.07, 6.45) is 1.44. The van der Waals surface area contributed by atoms with E-state index in [1.807, 2.05) is 30.3 Å². The number of hydrogen-bond donors (Lipinski definition) is 2. The van der Waals surface area contributed by atoms with Crippen LogP contribution in [-0.2, 0) is 0 Å². The molecule has 0 bridgehead atoms. The summed E-state index contributed by atoms with van der Waals surface area (Å²) in [5.74, 6) is -0.626. The second-order valence-corrected chi connectivity index (χ2v) is 3.80. The predicted octanol–water partition coefficient (Wildman–Crippen LogP) is 2.13. The van der Waals surface area contributed by atoms with Crippen molar-refractivity contribution in [3.63, 3.8) is 0 Å². The Kier molecular flexibility index (Phi) is 3.14.